The van der Waals surface area contributed by atoms with Crippen LogP contribution in [0.15, 0.2) is 91.0 Å². The third-order valence-corrected chi connectivity index (χ3v) is 6.24. The van der Waals surface area contributed by atoms with Gasteiger partial charge in [0.05, 0.1) is 19.8 Å². The monoisotopic (exact) mass is 510 g/mol. The van der Waals surface area contributed by atoms with E-state index >= 15 is 0 Å². The van der Waals surface area contributed by atoms with E-state index in [1.54, 1.807) is 0 Å². The Balaban J connectivity index is 1.57. The van der Waals surface area contributed by atoms with Crippen molar-refractivity contribution in [2.75, 3.05) is 6.61 Å². The average molecular weight is 511 g/mol. The van der Waals surface area contributed by atoms with E-state index in [4.69, 9.17) is 35.3 Å². The number of benzene rings is 3. The second kappa shape index (κ2) is 13.5. The maximum Gasteiger partial charge on any atom is 0.302 e. The largest absolute Gasteiger partial charge is 0.463 e. The number of carbonyl (C=O) groups excluding carboxylic acids is 1. The number of halogens is 1. The van der Waals surface area contributed by atoms with E-state index in [1.807, 2.05) is 91.0 Å². The van der Waals surface area contributed by atoms with Crippen LogP contribution >= 0.6 is 11.6 Å². The number of esters is 1. The van der Waals surface area contributed by atoms with Crippen LogP contribution in [0.1, 0.15) is 23.6 Å². The first-order valence-electron chi connectivity index (χ1n) is 12.0. The van der Waals surface area contributed by atoms with Gasteiger partial charge >= 0.3 is 5.97 Å². The average Bonchev–Trinajstić information content (AvgIpc) is 2.91. The zero-order valence-corrected chi connectivity index (χ0v) is 21.0. The zero-order chi connectivity index (χ0) is 25.2. The molecule has 4 rings (SSSR count). The molecule has 3 aromatic carbocycles. The smallest absolute Gasteiger partial charge is 0.302 e. The van der Waals surface area contributed by atoms with Crippen LogP contribution in [0.25, 0.3) is 0 Å². The molecule has 0 aromatic heterocycles. The molecule has 1 saturated heterocycles. The minimum atomic E-state index is -0.827. The minimum absolute atomic E-state index is 0.00535. The van der Waals surface area contributed by atoms with Gasteiger partial charge in [-0.05, 0) is 16.7 Å². The van der Waals surface area contributed by atoms with Crippen LogP contribution in [0.5, 0.6) is 0 Å². The normalized spacial score (nSPS) is 23.8. The van der Waals surface area contributed by atoms with Gasteiger partial charge in [-0.3, -0.25) is 4.79 Å². The van der Waals surface area contributed by atoms with Crippen LogP contribution in [0.4, 0.5) is 0 Å². The molecule has 0 bridgehead atoms. The van der Waals surface area contributed by atoms with Crippen LogP contribution in [0, 0.1) is 0 Å². The summed E-state index contributed by atoms with van der Waals surface area (Å²) in [4.78, 5) is 11.6. The summed E-state index contributed by atoms with van der Waals surface area (Å²) in [5, 5.41) is 0. The number of rotatable bonds is 11. The molecule has 2 unspecified atom stereocenters. The Bertz CT molecular complexity index is 1050. The lowest BCUT2D eigenvalue weighted by molar-refractivity contribution is -0.255. The van der Waals surface area contributed by atoms with Gasteiger partial charge in [-0.25, -0.2) is 0 Å². The molecule has 6 nitrogen and oxygen atoms in total. The van der Waals surface area contributed by atoms with Gasteiger partial charge in [-0.15, -0.1) is 0 Å². The van der Waals surface area contributed by atoms with Crippen LogP contribution in [0.2, 0.25) is 0 Å². The number of hydrogen-bond donors (Lipinski definition) is 0. The maximum atomic E-state index is 11.6. The van der Waals surface area contributed by atoms with Gasteiger partial charge in [-0.2, -0.15) is 0 Å². The Kier molecular flexibility index (Phi) is 9.90. The molecular formula is C29H31ClO6. The predicted octanol–water partition coefficient (Wildman–Crippen LogP) is 5.27. The first-order valence-corrected chi connectivity index (χ1v) is 12.4. The molecule has 3 aromatic rings. The standard InChI is InChI=1S/C29H31ClO6/c1-21(31)32-20-25-26(33-17-22-11-5-2-6-12-22)27(34-18-23-13-7-3-8-14-23)28(29(30)36-25)35-19-24-15-9-4-10-16-24/h2-16,25-29H,17-20H2,1H3/t25?,26-,27-,28?,29+/m0/s1. The highest BCUT2D eigenvalue weighted by atomic mass is 35.5. The van der Waals surface area contributed by atoms with Gasteiger partial charge in [0.2, 0.25) is 0 Å². The molecule has 190 valence electrons. The summed E-state index contributed by atoms with van der Waals surface area (Å²) in [5.41, 5.74) is 2.19. The summed E-state index contributed by atoms with van der Waals surface area (Å²) in [6.45, 7) is 2.36. The Morgan fingerprint density at radius 2 is 1.11 bits per heavy atom. The molecule has 0 N–H and O–H groups in total. The molecular weight excluding hydrogens is 480 g/mol. The molecule has 0 radical (unpaired) electrons. The van der Waals surface area contributed by atoms with E-state index in [1.165, 1.54) is 6.92 Å². The molecule has 0 saturated carbocycles. The highest BCUT2D eigenvalue weighted by Crippen LogP contribution is 2.32. The van der Waals surface area contributed by atoms with Gasteiger partial charge < -0.3 is 23.7 Å². The molecule has 1 fully saturated rings. The van der Waals surface area contributed by atoms with E-state index in [-0.39, 0.29) is 6.61 Å². The number of hydrogen-bond acceptors (Lipinski definition) is 6. The lowest BCUT2D eigenvalue weighted by Gasteiger charge is -2.44. The summed E-state index contributed by atoms with van der Waals surface area (Å²) in [6, 6.07) is 29.5. The Morgan fingerprint density at radius 1 is 0.694 bits per heavy atom. The van der Waals surface area contributed by atoms with Crippen LogP contribution in [0.3, 0.4) is 0 Å². The van der Waals surface area contributed by atoms with Crippen molar-refractivity contribution in [2.45, 2.75) is 56.7 Å². The molecule has 1 heterocycles. The molecule has 36 heavy (non-hydrogen) atoms. The van der Waals surface area contributed by atoms with Gasteiger partial charge in [0, 0.05) is 6.92 Å². The molecule has 0 amide bonds. The number of alkyl halides is 1. The number of carbonyl (C=O) groups is 1. The second-order valence-electron chi connectivity index (χ2n) is 8.61. The van der Waals surface area contributed by atoms with E-state index in [0.717, 1.165) is 16.7 Å². The highest BCUT2D eigenvalue weighted by molar-refractivity contribution is 6.20. The van der Waals surface area contributed by atoms with Crippen molar-refractivity contribution < 1.29 is 28.5 Å². The van der Waals surface area contributed by atoms with Crippen molar-refractivity contribution in [1.29, 1.82) is 0 Å². The third kappa shape index (κ3) is 7.63. The Labute approximate surface area is 217 Å². The molecule has 7 heteroatoms. The Hall–Kier alpha value is -2.74. The third-order valence-electron chi connectivity index (χ3n) is 5.88. The first kappa shape index (κ1) is 26.3. The van der Waals surface area contributed by atoms with Crippen LogP contribution < -0.4 is 0 Å². The summed E-state index contributed by atoms with van der Waals surface area (Å²) in [7, 11) is 0. The SMILES string of the molecule is CC(=O)OCC1O[C@@H](Cl)C(OCc2ccccc2)[C@@H](OCc2ccccc2)[C@H]1OCc1ccccc1. The summed E-state index contributed by atoms with van der Waals surface area (Å²) < 4.78 is 30.4. The van der Waals surface area contributed by atoms with Gasteiger partial charge in [-0.1, -0.05) is 103 Å². The van der Waals surface area contributed by atoms with Crippen molar-refractivity contribution >= 4 is 17.6 Å². The zero-order valence-electron chi connectivity index (χ0n) is 20.2. The van der Waals surface area contributed by atoms with E-state index in [2.05, 4.69) is 0 Å². The lowest BCUT2D eigenvalue weighted by atomic mass is 9.99. The van der Waals surface area contributed by atoms with E-state index < -0.39 is 35.9 Å². The summed E-state index contributed by atoms with van der Waals surface area (Å²) >= 11 is 6.69. The van der Waals surface area contributed by atoms with E-state index in [9.17, 15) is 4.79 Å². The highest BCUT2D eigenvalue weighted by Gasteiger charge is 2.48. The molecule has 0 aliphatic carbocycles. The molecule has 5 atom stereocenters. The molecule has 0 spiro atoms. The lowest BCUT2D eigenvalue weighted by Crippen LogP contribution is -2.59. The predicted molar refractivity (Wildman–Crippen MR) is 136 cm³/mol. The second-order valence-corrected chi connectivity index (χ2v) is 9.04. The number of ether oxygens (including phenoxy) is 5. The summed E-state index contributed by atoms with van der Waals surface area (Å²) in [5.74, 6) is -0.407. The topological polar surface area (TPSA) is 63.2 Å². The summed E-state index contributed by atoms with van der Waals surface area (Å²) in [6.07, 6.45) is -2.42. The van der Waals surface area contributed by atoms with E-state index in [0.29, 0.717) is 19.8 Å². The van der Waals surface area contributed by atoms with Crippen molar-refractivity contribution in [3.63, 3.8) is 0 Å². The van der Waals surface area contributed by atoms with Crippen molar-refractivity contribution in [3.05, 3.63) is 108 Å². The van der Waals surface area contributed by atoms with Gasteiger partial charge in [0.25, 0.3) is 0 Å². The quantitative estimate of drug-likeness (QED) is 0.259. The van der Waals surface area contributed by atoms with Crippen LogP contribution in [-0.2, 0) is 48.3 Å². The molecule has 1 aliphatic rings. The van der Waals surface area contributed by atoms with Crippen LogP contribution in [-0.4, -0.2) is 42.6 Å². The maximum absolute atomic E-state index is 11.6. The minimum Gasteiger partial charge on any atom is -0.463 e. The fourth-order valence-electron chi connectivity index (χ4n) is 4.07. The van der Waals surface area contributed by atoms with Crippen molar-refractivity contribution in [2.24, 2.45) is 0 Å². The first-order chi connectivity index (χ1) is 17.6. The van der Waals surface area contributed by atoms with Crippen molar-refractivity contribution in [3.8, 4) is 0 Å². The van der Waals surface area contributed by atoms with Gasteiger partial charge in [0.15, 0.2) is 5.56 Å². The van der Waals surface area contributed by atoms with Gasteiger partial charge in [0.1, 0.15) is 31.0 Å². The van der Waals surface area contributed by atoms with Crippen molar-refractivity contribution in [1.82, 2.24) is 0 Å². The fourth-order valence-corrected chi connectivity index (χ4v) is 4.41. The Morgan fingerprint density at radius 3 is 1.56 bits per heavy atom. The molecule has 1 aliphatic heterocycles. The fraction of sp³-hybridized carbons (Fsp3) is 0.345.